The number of nitro benzene ring substituents is 2. The van der Waals surface area contributed by atoms with E-state index in [-0.39, 0.29) is 36.0 Å². The van der Waals surface area contributed by atoms with Gasteiger partial charge < -0.3 is 45.5 Å². The number of halogens is 1. The molecule has 0 spiro atoms. The summed E-state index contributed by atoms with van der Waals surface area (Å²) in [5.41, 5.74) is 7.06. The van der Waals surface area contributed by atoms with Crippen LogP contribution in [0.5, 0.6) is 11.5 Å². The fourth-order valence-electron chi connectivity index (χ4n) is 5.14. The number of rotatable bonds is 14. The van der Waals surface area contributed by atoms with E-state index in [1.54, 1.807) is 20.8 Å². The SMILES string of the molecule is CC(C)(C)OC(=O)NCc1ccccc1CN.CC(C)(C)OC(=O)NCc1ccccc1CNC(=O)Oc1ccc([N+](=O)[O-])cc1.CCN(CC)CC.O=C(Cl)Oc1ccc([N+](=O)[O-])cc1.[2H]C. The molecule has 0 fully saturated rings. The summed E-state index contributed by atoms with van der Waals surface area (Å²) in [6.45, 7) is 22.3. The Labute approximate surface area is 399 Å². The zero-order valence-electron chi connectivity index (χ0n) is 40.9. The third-order valence-corrected chi connectivity index (χ3v) is 8.45. The molecule has 20 heteroatoms. The highest BCUT2D eigenvalue weighted by Crippen LogP contribution is 2.19. The van der Waals surface area contributed by atoms with Crippen LogP contribution >= 0.6 is 11.6 Å². The van der Waals surface area contributed by atoms with E-state index in [4.69, 9.17) is 32.9 Å². The van der Waals surface area contributed by atoms with Gasteiger partial charge in [0.2, 0.25) is 0 Å². The Morgan fingerprint density at radius 2 is 0.910 bits per heavy atom. The molecule has 4 aromatic carbocycles. The molecular weight excluding hydrogens is 890 g/mol. The third kappa shape index (κ3) is 27.3. The number of hydrogen-bond acceptors (Lipinski definition) is 14. The molecule has 0 atom stereocenters. The maximum absolute atomic E-state index is 12.0. The lowest BCUT2D eigenvalue weighted by Crippen LogP contribution is -2.32. The summed E-state index contributed by atoms with van der Waals surface area (Å²) in [6, 6.07) is 25.2. The number of nitro groups is 2. The first-order chi connectivity index (χ1) is 32.0. The van der Waals surface area contributed by atoms with E-state index in [1.165, 1.54) is 75.6 Å². The zero-order valence-corrected chi connectivity index (χ0v) is 40.6. The minimum Gasteiger partial charge on any atom is -0.444 e. The Morgan fingerprint density at radius 1 is 0.597 bits per heavy atom. The van der Waals surface area contributed by atoms with Gasteiger partial charge >= 0.3 is 23.7 Å². The highest BCUT2D eigenvalue weighted by Gasteiger charge is 2.17. The quantitative estimate of drug-likeness (QED) is 0.0521. The van der Waals surface area contributed by atoms with Gasteiger partial charge in [0.15, 0.2) is 0 Å². The van der Waals surface area contributed by atoms with Crippen LogP contribution in [0.15, 0.2) is 97.1 Å². The average Bonchev–Trinajstić information content (AvgIpc) is 3.28. The van der Waals surface area contributed by atoms with Crippen molar-refractivity contribution in [2.75, 3.05) is 19.6 Å². The maximum atomic E-state index is 12.0. The number of carbonyl (C=O) groups excluding carboxylic acids is 4. The van der Waals surface area contributed by atoms with Gasteiger partial charge in [0.25, 0.3) is 11.4 Å². The number of nitrogens with one attached hydrogen (secondary N) is 3. The predicted molar refractivity (Wildman–Crippen MR) is 258 cm³/mol. The van der Waals surface area contributed by atoms with Crippen molar-refractivity contribution in [3.8, 4) is 11.5 Å². The molecule has 0 aromatic heterocycles. The number of alkyl carbamates (subject to hydrolysis) is 2. The molecule has 0 saturated carbocycles. The van der Waals surface area contributed by atoms with E-state index in [0.717, 1.165) is 22.3 Å². The van der Waals surface area contributed by atoms with Crippen LogP contribution < -0.4 is 31.2 Å². The average molecular weight is 958 g/mol. The number of carbonyl (C=O) groups is 4. The second kappa shape index (κ2) is 31.2. The van der Waals surface area contributed by atoms with Crippen LogP contribution in [-0.4, -0.2) is 69.3 Å². The van der Waals surface area contributed by atoms with Crippen LogP contribution in [0.2, 0.25) is 0 Å². The van der Waals surface area contributed by atoms with E-state index >= 15 is 0 Å². The molecule has 0 aliphatic heterocycles. The third-order valence-electron chi connectivity index (χ3n) is 8.37. The molecule has 4 rings (SSSR count). The van der Waals surface area contributed by atoms with E-state index < -0.39 is 44.8 Å². The van der Waals surface area contributed by atoms with Crippen LogP contribution in [0, 0.1) is 20.2 Å². The Balaban J connectivity index is 0.000000973. The van der Waals surface area contributed by atoms with Gasteiger partial charge in [-0.15, -0.1) is 0 Å². The molecule has 19 nitrogen and oxygen atoms in total. The Kier molecular flexibility index (Phi) is 27.1. The van der Waals surface area contributed by atoms with Crippen LogP contribution in [0.1, 0.15) is 93.3 Å². The summed E-state index contributed by atoms with van der Waals surface area (Å²) in [5.74, 6) is 0.360. The summed E-state index contributed by atoms with van der Waals surface area (Å²) < 4.78 is 25.7. The predicted octanol–water partition coefficient (Wildman–Crippen LogP) is 10.4. The summed E-state index contributed by atoms with van der Waals surface area (Å²) >= 11 is 4.92. The normalized spacial score (nSPS) is 10.4. The summed E-state index contributed by atoms with van der Waals surface area (Å²) in [4.78, 5) is 67.6. The van der Waals surface area contributed by atoms with Gasteiger partial charge in [0, 0.05) is 63.4 Å². The van der Waals surface area contributed by atoms with Crippen molar-refractivity contribution in [3.05, 3.63) is 140 Å². The number of amides is 3. The van der Waals surface area contributed by atoms with E-state index in [0.29, 0.717) is 13.1 Å². The molecule has 0 bridgehead atoms. The van der Waals surface area contributed by atoms with E-state index in [9.17, 15) is 39.4 Å². The molecule has 0 heterocycles. The zero-order chi connectivity index (χ0) is 51.9. The van der Waals surface area contributed by atoms with Crippen molar-refractivity contribution in [1.82, 2.24) is 20.9 Å². The number of ether oxygens (including phenoxy) is 4. The first-order valence-corrected chi connectivity index (χ1v) is 21.2. The first-order valence-electron chi connectivity index (χ1n) is 21.8. The topological polar surface area (TPSA) is 257 Å². The second-order valence-electron chi connectivity index (χ2n) is 15.7. The van der Waals surface area contributed by atoms with Crippen LogP contribution in [0.25, 0.3) is 0 Å². The van der Waals surface area contributed by atoms with Crippen molar-refractivity contribution in [2.45, 2.75) is 107 Å². The fourth-order valence-corrected chi connectivity index (χ4v) is 5.23. The smallest absolute Gasteiger partial charge is 0.412 e. The molecule has 3 amide bonds. The molecule has 0 saturated heterocycles. The van der Waals surface area contributed by atoms with Gasteiger partial charge in [0.1, 0.15) is 22.7 Å². The summed E-state index contributed by atoms with van der Waals surface area (Å²) in [6.07, 6.45) is -1.64. The lowest BCUT2D eigenvalue weighted by atomic mass is 10.1. The highest BCUT2D eigenvalue weighted by molar-refractivity contribution is 6.61. The van der Waals surface area contributed by atoms with Crippen LogP contribution in [0.4, 0.5) is 30.6 Å². The van der Waals surface area contributed by atoms with Crippen molar-refractivity contribution in [3.63, 3.8) is 0 Å². The molecule has 5 N–H and O–H groups in total. The van der Waals surface area contributed by atoms with Crippen molar-refractivity contribution in [2.24, 2.45) is 5.73 Å². The lowest BCUT2D eigenvalue weighted by molar-refractivity contribution is -0.385. The Hall–Kier alpha value is -6.83. The van der Waals surface area contributed by atoms with E-state index in [1.807, 2.05) is 69.3 Å². The van der Waals surface area contributed by atoms with E-state index in [2.05, 4.69) is 46.4 Å². The minimum absolute atomic E-state index is 0.0747. The largest absolute Gasteiger partial charge is 0.444 e. The van der Waals surface area contributed by atoms with Gasteiger partial charge in [-0.1, -0.05) is 76.7 Å². The lowest BCUT2D eigenvalue weighted by Gasteiger charge is -2.20. The number of nitrogens with zero attached hydrogens (tertiary/aromatic N) is 3. The minimum atomic E-state index is -0.978. The molecule has 67 heavy (non-hydrogen) atoms. The number of nitrogens with two attached hydrogens (primary N) is 1. The summed E-state index contributed by atoms with van der Waals surface area (Å²) in [5, 5.41) is 28.9. The van der Waals surface area contributed by atoms with Gasteiger partial charge in [-0.2, -0.15) is 0 Å². The van der Waals surface area contributed by atoms with Crippen molar-refractivity contribution in [1.29, 1.82) is 0 Å². The number of benzene rings is 4. The monoisotopic (exact) mass is 956 g/mol. The molecule has 368 valence electrons. The number of non-ortho nitro benzene ring substituents is 2. The first kappa shape index (κ1) is 58.2. The maximum Gasteiger partial charge on any atom is 0.412 e. The van der Waals surface area contributed by atoms with Crippen LogP contribution in [0.3, 0.4) is 0 Å². The fraction of sp³-hybridized carbons (Fsp3) is 0.404. The van der Waals surface area contributed by atoms with Gasteiger partial charge in [0.05, 0.1) is 9.85 Å². The molecule has 4 aromatic rings. The molecule has 0 unspecified atom stereocenters. The van der Waals surface area contributed by atoms with Gasteiger partial charge in [-0.05, 0) is 108 Å². The highest BCUT2D eigenvalue weighted by atomic mass is 35.5. The van der Waals surface area contributed by atoms with Crippen LogP contribution in [-0.2, 0) is 35.7 Å². The molecule has 0 aliphatic carbocycles. The summed E-state index contributed by atoms with van der Waals surface area (Å²) in [7, 11) is 1.25. The second-order valence-corrected chi connectivity index (χ2v) is 16.0. The molecular formula is C47H66ClN7O12. The molecule has 0 aliphatic rings. The van der Waals surface area contributed by atoms with Crippen molar-refractivity contribution < 1.29 is 49.3 Å². The van der Waals surface area contributed by atoms with Gasteiger partial charge in [-0.3, -0.25) is 20.2 Å². The molecule has 0 radical (unpaired) electrons. The van der Waals surface area contributed by atoms with Crippen molar-refractivity contribution >= 4 is 46.7 Å². The standard InChI is InChI=1S/C20H23N3O6.C13H20N2O2.C7H4ClNO4.C6H15N.CH4/c1-20(2,3)29-19(25)22-13-15-7-5-4-6-14(15)12-21-18(24)28-17-10-8-16(9-11-17)23(26)27;1-13(2,3)17-12(16)15-9-11-7-5-4-6-10(11)8-14;8-7(10)13-6-3-1-5(2-4-6)9(11)12;1-4-7(5-2)6-3;/h4-11H,12-13H2,1-3H3,(H,21,24)(H,22,25);4-7H,8-9,14H2,1-3H3,(H,15,16);1-4H;4-6H2,1-3H3;1H4/i;;;;1D. The van der Waals surface area contributed by atoms with Gasteiger partial charge in [-0.25, -0.2) is 19.2 Å². The Morgan fingerprint density at radius 3 is 1.19 bits per heavy atom. The number of hydrogen-bond donors (Lipinski definition) is 4. The Bertz CT molecular complexity index is 2140.